The van der Waals surface area contributed by atoms with E-state index >= 15 is 0 Å². The Morgan fingerprint density at radius 2 is 1.86 bits per heavy atom. The van der Waals surface area contributed by atoms with Crippen LogP contribution in [0.3, 0.4) is 0 Å². The van der Waals surface area contributed by atoms with Crippen LogP contribution in [-0.4, -0.2) is 22.8 Å². The summed E-state index contributed by atoms with van der Waals surface area (Å²) in [5.41, 5.74) is 0.643. The van der Waals surface area contributed by atoms with E-state index < -0.39 is 15.8 Å². The summed E-state index contributed by atoms with van der Waals surface area (Å²) >= 11 is 0. The molecule has 0 unspecified atom stereocenters. The monoisotopic (exact) mass is 212 g/mol. The molecule has 5 heteroatoms. The van der Waals surface area contributed by atoms with Crippen molar-refractivity contribution in [3.05, 3.63) is 30.3 Å². The molecule has 0 saturated heterocycles. The van der Waals surface area contributed by atoms with Gasteiger partial charge in [0.1, 0.15) is 0 Å². The third kappa shape index (κ3) is 4.04. The first kappa shape index (κ1) is 10.7. The number of hydrogen-bond acceptors (Lipinski definition) is 2. The summed E-state index contributed by atoms with van der Waals surface area (Å²) in [5.74, 6) is 0. The third-order valence-corrected chi connectivity index (χ3v) is 1.93. The van der Waals surface area contributed by atoms with Gasteiger partial charge in [0, 0.05) is 18.2 Å². The predicted molar refractivity (Wildman–Crippen MR) is 57.9 cm³/mol. The summed E-state index contributed by atoms with van der Waals surface area (Å²) in [6.07, 6.45) is 2.83. The molecule has 0 fully saturated rings. The Labute approximate surface area is 83.5 Å². The number of nitrogens with one attached hydrogen (secondary N) is 1. The zero-order chi connectivity index (χ0) is 10.6. The molecule has 0 radical (unpaired) electrons. The molecule has 0 aromatic heterocycles. The van der Waals surface area contributed by atoms with E-state index in [-0.39, 0.29) is 0 Å². The van der Waals surface area contributed by atoms with Crippen LogP contribution in [0.5, 0.6) is 0 Å². The van der Waals surface area contributed by atoms with Crippen LogP contribution in [0, 0.1) is 0 Å². The second-order valence-electron chi connectivity index (χ2n) is 3.07. The quantitative estimate of drug-likeness (QED) is 0.773. The smallest absolute Gasteiger partial charge is 0.306 e. The van der Waals surface area contributed by atoms with Crippen LogP contribution in [0.15, 0.2) is 34.7 Å². The average molecular weight is 212 g/mol. The van der Waals surface area contributed by atoms with Gasteiger partial charge in [0.05, 0.1) is 9.73 Å². The van der Waals surface area contributed by atoms with Crippen molar-refractivity contribution in [2.24, 2.45) is 4.36 Å². The fraction of sp³-hybridized carbons (Fsp3) is 0.222. The first-order valence-electron chi connectivity index (χ1n) is 4.00. The highest BCUT2D eigenvalue weighted by atomic mass is 32.2. The molecule has 0 saturated carbocycles. The summed E-state index contributed by atoms with van der Waals surface area (Å²) < 4.78 is 14.6. The van der Waals surface area contributed by atoms with Crippen LogP contribution in [-0.2, 0) is 9.73 Å². The van der Waals surface area contributed by atoms with Crippen molar-refractivity contribution in [1.82, 2.24) is 0 Å². The highest BCUT2D eigenvalue weighted by Crippen LogP contribution is 2.05. The molecule has 0 aliphatic carbocycles. The molecule has 4 nitrogen and oxygen atoms in total. The van der Waals surface area contributed by atoms with Gasteiger partial charge in [0.15, 0.2) is 0 Å². The number of rotatable bonds is 1. The molecule has 0 aliphatic rings. The van der Waals surface area contributed by atoms with Gasteiger partial charge in [-0.05, 0) is 12.1 Å². The molecular formula is C9H12N2O2S. The highest BCUT2D eigenvalue weighted by molar-refractivity contribution is 7.92. The SMILES string of the molecule is CS(C)(=O)=NC(=O)Nc1ccccc1. The minimum Gasteiger partial charge on any atom is -0.306 e. The fourth-order valence-corrected chi connectivity index (χ4v) is 1.31. The molecule has 1 rings (SSSR count). The minimum absolute atomic E-state index is 0.578. The summed E-state index contributed by atoms with van der Waals surface area (Å²) in [6, 6.07) is 8.33. The second-order valence-corrected chi connectivity index (χ2v) is 5.61. The number of anilines is 1. The lowest BCUT2D eigenvalue weighted by Gasteiger charge is -2.00. The molecule has 14 heavy (non-hydrogen) atoms. The molecule has 0 aliphatic heterocycles. The van der Waals surface area contributed by atoms with Crippen molar-refractivity contribution in [1.29, 1.82) is 0 Å². The summed E-state index contributed by atoms with van der Waals surface area (Å²) in [6.45, 7) is 0. The predicted octanol–water partition coefficient (Wildman–Crippen LogP) is 1.95. The molecule has 1 aromatic rings. The van der Waals surface area contributed by atoms with Crippen molar-refractivity contribution >= 4 is 21.4 Å². The number of hydrogen-bond donors (Lipinski definition) is 1. The maximum absolute atomic E-state index is 11.2. The zero-order valence-corrected chi connectivity index (χ0v) is 8.88. The van der Waals surface area contributed by atoms with Gasteiger partial charge in [-0.3, -0.25) is 0 Å². The number of benzene rings is 1. The van der Waals surface area contributed by atoms with E-state index in [0.717, 1.165) is 0 Å². The van der Waals surface area contributed by atoms with Crippen molar-refractivity contribution < 1.29 is 9.00 Å². The van der Waals surface area contributed by atoms with Gasteiger partial charge >= 0.3 is 6.03 Å². The van der Waals surface area contributed by atoms with E-state index in [9.17, 15) is 9.00 Å². The molecule has 76 valence electrons. The summed E-state index contributed by atoms with van der Waals surface area (Å²) in [7, 11) is -2.38. The van der Waals surface area contributed by atoms with E-state index in [1.165, 1.54) is 12.5 Å². The van der Waals surface area contributed by atoms with Crippen LogP contribution in [0.2, 0.25) is 0 Å². The van der Waals surface area contributed by atoms with Crippen LogP contribution in [0.25, 0.3) is 0 Å². The second kappa shape index (κ2) is 4.23. The zero-order valence-electron chi connectivity index (χ0n) is 8.06. The van der Waals surface area contributed by atoms with E-state index in [4.69, 9.17) is 0 Å². The lowest BCUT2D eigenvalue weighted by Crippen LogP contribution is -2.08. The van der Waals surface area contributed by atoms with Gasteiger partial charge < -0.3 is 5.32 Å². The van der Waals surface area contributed by atoms with Crippen LogP contribution in [0.4, 0.5) is 10.5 Å². The van der Waals surface area contributed by atoms with Gasteiger partial charge in [0.25, 0.3) is 0 Å². The Morgan fingerprint density at radius 1 is 1.29 bits per heavy atom. The normalized spacial score (nSPS) is 10.7. The van der Waals surface area contributed by atoms with Gasteiger partial charge in [-0.1, -0.05) is 18.2 Å². The van der Waals surface area contributed by atoms with E-state index in [0.29, 0.717) is 5.69 Å². The van der Waals surface area contributed by atoms with Crippen LogP contribution in [0.1, 0.15) is 0 Å². The minimum atomic E-state index is -2.38. The Bertz CT molecular complexity index is 425. The van der Waals surface area contributed by atoms with Crippen LogP contribution < -0.4 is 5.32 Å². The Morgan fingerprint density at radius 3 is 2.36 bits per heavy atom. The molecule has 0 spiro atoms. The summed E-state index contributed by atoms with van der Waals surface area (Å²) in [5, 5.41) is 2.51. The maximum Gasteiger partial charge on any atom is 0.353 e. The standard InChI is InChI=1S/C9H12N2O2S/c1-14(2,13)11-9(12)10-8-6-4-3-5-7-8/h3-7H,1-2H3,(H,10,12). The topological polar surface area (TPSA) is 58.5 Å². The van der Waals surface area contributed by atoms with Gasteiger partial charge in [-0.15, -0.1) is 4.36 Å². The van der Waals surface area contributed by atoms with Gasteiger partial charge in [-0.2, -0.15) is 0 Å². The number of nitrogens with zero attached hydrogens (tertiary/aromatic N) is 1. The maximum atomic E-state index is 11.2. The van der Waals surface area contributed by atoms with E-state index in [2.05, 4.69) is 9.68 Å². The van der Waals surface area contributed by atoms with E-state index in [1.54, 1.807) is 24.3 Å². The van der Waals surface area contributed by atoms with Crippen molar-refractivity contribution in [2.45, 2.75) is 0 Å². The lowest BCUT2D eigenvalue weighted by atomic mass is 10.3. The number of para-hydroxylation sites is 1. The summed E-state index contributed by atoms with van der Waals surface area (Å²) in [4.78, 5) is 11.2. The number of carbonyl (C=O) groups is 1. The molecular weight excluding hydrogens is 200 g/mol. The molecule has 0 bridgehead atoms. The van der Waals surface area contributed by atoms with Crippen LogP contribution >= 0.6 is 0 Å². The molecule has 1 N–H and O–H groups in total. The fourth-order valence-electron chi connectivity index (χ4n) is 0.867. The van der Waals surface area contributed by atoms with E-state index in [1.807, 2.05) is 6.07 Å². The van der Waals surface area contributed by atoms with Crippen molar-refractivity contribution in [3.8, 4) is 0 Å². The number of urea groups is 1. The average Bonchev–Trinajstić information content (AvgIpc) is 2.02. The number of amides is 2. The highest BCUT2D eigenvalue weighted by Gasteiger charge is 2.00. The molecule has 1 aromatic carbocycles. The third-order valence-electron chi connectivity index (χ3n) is 1.33. The number of carbonyl (C=O) groups excluding carboxylic acids is 1. The lowest BCUT2D eigenvalue weighted by molar-refractivity contribution is 0.260. The first-order valence-corrected chi connectivity index (χ1v) is 6.34. The Hall–Kier alpha value is -1.36. The molecule has 0 heterocycles. The first-order chi connectivity index (χ1) is 6.47. The largest absolute Gasteiger partial charge is 0.353 e. The Balaban J connectivity index is 2.73. The molecule has 2 amide bonds. The van der Waals surface area contributed by atoms with Crippen molar-refractivity contribution in [3.63, 3.8) is 0 Å². The van der Waals surface area contributed by atoms with Gasteiger partial charge in [-0.25, -0.2) is 9.00 Å². The molecule has 0 atom stereocenters. The van der Waals surface area contributed by atoms with Crippen molar-refractivity contribution in [2.75, 3.05) is 17.8 Å². The van der Waals surface area contributed by atoms with Gasteiger partial charge in [0.2, 0.25) is 0 Å². The Kier molecular flexibility index (Phi) is 3.24.